The molecule has 0 radical (unpaired) electrons. The standard InChI is InChI=1S/C14H13BrN2O3/c1-20-8-5-6-10(15)12(7-8)17-14(19)9-3-2-4-11(16)13(9)18/h2-7,18H,16H2,1H3,(H,17,19). The second kappa shape index (κ2) is 5.83. The fraction of sp³-hybridized carbons (Fsp3) is 0.0714. The van der Waals surface area contributed by atoms with Crippen LogP contribution in [0.5, 0.6) is 11.5 Å². The van der Waals surface area contributed by atoms with Crippen molar-refractivity contribution in [3.8, 4) is 11.5 Å². The molecule has 0 unspecified atom stereocenters. The van der Waals surface area contributed by atoms with Crippen LogP contribution in [0.25, 0.3) is 0 Å². The largest absolute Gasteiger partial charge is 0.505 e. The number of carbonyl (C=O) groups is 1. The van der Waals surface area contributed by atoms with Gasteiger partial charge in [0.15, 0.2) is 5.75 Å². The second-order valence-electron chi connectivity index (χ2n) is 4.04. The van der Waals surface area contributed by atoms with E-state index >= 15 is 0 Å². The third-order valence-electron chi connectivity index (χ3n) is 2.73. The van der Waals surface area contributed by atoms with Crippen molar-refractivity contribution >= 4 is 33.2 Å². The third kappa shape index (κ3) is 2.85. The number of phenolic OH excluding ortho intramolecular Hbond substituents is 1. The molecular formula is C14H13BrN2O3. The lowest BCUT2D eigenvalue weighted by molar-refractivity contribution is 0.102. The number of halogens is 1. The number of hydrogen-bond acceptors (Lipinski definition) is 4. The van der Waals surface area contributed by atoms with Crippen LogP contribution in [0.1, 0.15) is 10.4 Å². The average Bonchev–Trinajstić information content (AvgIpc) is 2.44. The summed E-state index contributed by atoms with van der Waals surface area (Å²) in [6.07, 6.45) is 0. The minimum Gasteiger partial charge on any atom is -0.505 e. The Morgan fingerprint density at radius 1 is 1.35 bits per heavy atom. The molecule has 2 aromatic carbocycles. The highest BCUT2D eigenvalue weighted by Crippen LogP contribution is 2.29. The molecule has 0 saturated carbocycles. The first-order valence-electron chi connectivity index (χ1n) is 5.75. The van der Waals surface area contributed by atoms with Crippen LogP contribution in [0, 0.1) is 0 Å². The zero-order valence-electron chi connectivity index (χ0n) is 10.7. The van der Waals surface area contributed by atoms with Gasteiger partial charge in [0, 0.05) is 10.5 Å². The van der Waals surface area contributed by atoms with Gasteiger partial charge in [0.25, 0.3) is 5.91 Å². The summed E-state index contributed by atoms with van der Waals surface area (Å²) in [6.45, 7) is 0. The predicted molar refractivity (Wildman–Crippen MR) is 81.2 cm³/mol. The van der Waals surface area contributed by atoms with Gasteiger partial charge in [-0.25, -0.2) is 0 Å². The Bertz CT molecular complexity index is 659. The van der Waals surface area contributed by atoms with E-state index in [-0.39, 0.29) is 17.0 Å². The van der Waals surface area contributed by atoms with E-state index in [1.807, 2.05) is 0 Å². The Hall–Kier alpha value is -2.21. The highest BCUT2D eigenvalue weighted by molar-refractivity contribution is 9.10. The number of ether oxygens (including phenoxy) is 1. The van der Waals surface area contributed by atoms with E-state index in [0.29, 0.717) is 15.9 Å². The first-order valence-corrected chi connectivity index (χ1v) is 6.54. The molecule has 104 valence electrons. The van der Waals surface area contributed by atoms with Gasteiger partial charge in [-0.1, -0.05) is 6.07 Å². The van der Waals surface area contributed by atoms with Crippen molar-refractivity contribution in [2.24, 2.45) is 0 Å². The Morgan fingerprint density at radius 3 is 2.80 bits per heavy atom. The van der Waals surface area contributed by atoms with Gasteiger partial charge in [-0.2, -0.15) is 0 Å². The average molecular weight is 337 g/mol. The zero-order valence-corrected chi connectivity index (χ0v) is 12.3. The van der Waals surface area contributed by atoms with Gasteiger partial charge in [-0.05, 0) is 40.2 Å². The molecular weight excluding hydrogens is 324 g/mol. The lowest BCUT2D eigenvalue weighted by Gasteiger charge is -2.11. The number of nitrogens with one attached hydrogen (secondary N) is 1. The van der Waals surface area contributed by atoms with E-state index in [2.05, 4.69) is 21.2 Å². The van der Waals surface area contributed by atoms with E-state index in [1.165, 1.54) is 12.1 Å². The topological polar surface area (TPSA) is 84.6 Å². The Labute approximate surface area is 124 Å². The lowest BCUT2D eigenvalue weighted by atomic mass is 10.1. The molecule has 0 aliphatic heterocycles. The Kier molecular flexibility index (Phi) is 4.14. The molecule has 6 heteroatoms. The van der Waals surface area contributed by atoms with Crippen LogP contribution in [0.15, 0.2) is 40.9 Å². The van der Waals surface area contributed by atoms with E-state index < -0.39 is 5.91 Å². The SMILES string of the molecule is COc1ccc(Br)c(NC(=O)c2cccc(N)c2O)c1. The van der Waals surface area contributed by atoms with Crippen LogP contribution in [-0.4, -0.2) is 18.1 Å². The Balaban J connectivity index is 2.30. The van der Waals surface area contributed by atoms with Gasteiger partial charge in [0.05, 0.1) is 24.0 Å². The highest BCUT2D eigenvalue weighted by Gasteiger charge is 2.14. The van der Waals surface area contributed by atoms with Gasteiger partial charge < -0.3 is 20.9 Å². The first-order chi connectivity index (χ1) is 9.52. The molecule has 2 rings (SSSR count). The van der Waals surface area contributed by atoms with Crippen LogP contribution < -0.4 is 15.8 Å². The monoisotopic (exact) mass is 336 g/mol. The molecule has 0 atom stereocenters. The van der Waals surface area contributed by atoms with Gasteiger partial charge >= 0.3 is 0 Å². The molecule has 2 aromatic rings. The fourth-order valence-electron chi connectivity index (χ4n) is 1.66. The van der Waals surface area contributed by atoms with Crippen LogP contribution >= 0.6 is 15.9 Å². The predicted octanol–water partition coefficient (Wildman–Crippen LogP) is 3.00. The van der Waals surface area contributed by atoms with Crippen LogP contribution in [0.2, 0.25) is 0 Å². The summed E-state index contributed by atoms with van der Waals surface area (Å²) >= 11 is 3.34. The number of benzene rings is 2. The number of nitrogen functional groups attached to an aromatic ring is 1. The van der Waals surface area contributed by atoms with Crippen molar-refractivity contribution < 1.29 is 14.6 Å². The molecule has 20 heavy (non-hydrogen) atoms. The number of nitrogens with two attached hydrogens (primary N) is 1. The van der Waals surface area contributed by atoms with Gasteiger partial charge in [-0.15, -0.1) is 0 Å². The summed E-state index contributed by atoms with van der Waals surface area (Å²) < 4.78 is 5.80. The minimum absolute atomic E-state index is 0.111. The number of rotatable bonds is 3. The molecule has 0 aliphatic rings. The van der Waals surface area contributed by atoms with Crippen molar-refractivity contribution in [3.05, 3.63) is 46.4 Å². The minimum atomic E-state index is -0.455. The van der Waals surface area contributed by atoms with Gasteiger partial charge in [0.1, 0.15) is 5.75 Å². The summed E-state index contributed by atoms with van der Waals surface area (Å²) in [4.78, 5) is 12.2. The molecule has 0 bridgehead atoms. The summed E-state index contributed by atoms with van der Waals surface area (Å²) in [5.41, 5.74) is 6.37. The smallest absolute Gasteiger partial charge is 0.259 e. The van der Waals surface area contributed by atoms with Crippen LogP contribution in [0.4, 0.5) is 11.4 Å². The molecule has 0 saturated heterocycles. The molecule has 1 amide bonds. The van der Waals surface area contributed by atoms with E-state index in [1.54, 1.807) is 31.4 Å². The number of anilines is 2. The van der Waals surface area contributed by atoms with E-state index in [0.717, 1.165) is 0 Å². The quantitative estimate of drug-likeness (QED) is 0.594. The maximum Gasteiger partial charge on any atom is 0.259 e. The first kappa shape index (κ1) is 14.2. The highest BCUT2D eigenvalue weighted by atomic mass is 79.9. The summed E-state index contributed by atoms with van der Waals surface area (Å²) in [5, 5.41) is 12.5. The molecule has 0 spiro atoms. The number of para-hydroxylation sites is 1. The normalized spacial score (nSPS) is 10.1. The lowest BCUT2D eigenvalue weighted by Crippen LogP contribution is -2.13. The van der Waals surface area contributed by atoms with Gasteiger partial charge in [-0.3, -0.25) is 4.79 Å². The maximum atomic E-state index is 12.2. The zero-order chi connectivity index (χ0) is 14.7. The number of carbonyl (C=O) groups excluding carboxylic acids is 1. The van der Waals surface area contributed by atoms with Crippen LogP contribution in [-0.2, 0) is 0 Å². The summed E-state index contributed by atoms with van der Waals surface area (Å²) in [7, 11) is 1.54. The molecule has 0 aromatic heterocycles. The number of phenols is 1. The number of hydrogen-bond donors (Lipinski definition) is 3. The molecule has 0 aliphatic carbocycles. The second-order valence-corrected chi connectivity index (χ2v) is 4.90. The number of amides is 1. The van der Waals surface area contributed by atoms with Crippen molar-refractivity contribution in [1.82, 2.24) is 0 Å². The fourth-order valence-corrected chi connectivity index (χ4v) is 2.01. The van der Waals surface area contributed by atoms with E-state index in [4.69, 9.17) is 10.5 Å². The van der Waals surface area contributed by atoms with Crippen molar-refractivity contribution in [3.63, 3.8) is 0 Å². The summed E-state index contributed by atoms with van der Waals surface area (Å²) in [5.74, 6) is -0.0759. The molecule has 0 fully saturated rings. The number of methoxy groups -OCH3 is 1. The van der Waals surface area contributed by atoms with Crippen molar-refractivity contribution in [2.45, 2.75) is 0 Å². The summed E-state index contributed by atoms with van der Waals surface area (Å²) in [6, 6.07) is 9.81. The third-order valence-corrected chi connectivity index (χ3v) is 3.43. The number of aromatic hydroxyl groups is 1. The molecule has 0 heterocycles. The molecule has 4 N–H and O–H groups in total. The molecule has 5 nitrogen and oxygen atoms in total. The van der Waals surface area contributed by atoms with Crippen molar-refractivity contribution in [2.75, 3.05) is 18.2 Å². The van der Waals surface area contributed by atoms with E-state index in [9.17, 15) is 9.90 Å². The van der Waals surface area contributed by atoms with Gasteiger partial charge in [0.2, 0.25) is 0 Å². The maximum absolute atomic E-state index is 12.2. The van der Waals surface area contributed by atoms with Crippen molar-refractivity contribution in [1.29, 1.82) is 0 Å². The Morgan fingerprint density at radius 2 is 2.10 bits per heavy atom. The van der Waals surface area contributed by atoms with Crippen LogP contribution in [0.3, 0.4) is 0 Å².